The minimum atomic E-state index is -2.96. The molecule has 0 aromatic rings. The Morgan fingerprint density at radius 3 is 2.64 bits per heavy atom. The number of amides is 1. The first-order chi connectivity index (χ1) is 6.46. The third-order valence-corrected chi connectivity index (χ3v) is 4.88. The van der Waals surface area contributed by atoms with Gasteiger partial charge in [0.2, 0.25) is 5.91 Å². The second-order valence-electron chi connectivity index (χ2n) is 3.32. The van der Waals surface area contributed by atoms with Crippen LogP contribution in [0.25, 0.3) is 0 Å². The fraction of sp³-hybridized carbons (Fsp3) is 0.875. The van der Waals surface area contributed by atoms with Gasteiger partial charge in [-0.3, -0.25) is 4.79 Å². The number of halogens is 1. The third kappa shape index (κ3) is 2.95. The van der Waals surface area contributed by atoms with Crippen molar-refractivity contribution in [1.82, 2.24) is 4.90 Å². The Kier molecular flexibility index (Phi) is 3.94. The van der Waals surface area contributed by atoms with Crippen LogP contribution < -0.4 is 0 Å². The average Bonchev–Trinajstić information content (AvgIpc) is 2.45. The van der Waals surface area contributed by atoms with E-state index in [1.54, 1.807) is 11.8 Å². The third-order valence-electron chi connectivity index (χ3n) is 2.34. The Labute approximate surface area is 92.7 Å². The van der Waals surface area contributed by atoms with Crippen molar-refractivity contribution in [2.75, 3.05) is 24.6 Å². The maximum absolute atomic E-state index is 11.4. The summed E-state index contributed by atoms with van der Waals surface area (Å²) in [4.78, 5) is 12.9. The molecule has 1 rings (SSSR count). The van der Waals surface area contributed by atoms with Crippen molar-refractivity contribution < 1.29 is 13.2 Å². The Bertz CT molecular complexity index is 315. The van der Waals surface area contributed by atoms with Crippen LogP contribution in [0, 0.1) is 0 Å². The maximum Gasteiger partial charge on any atom is 0.236 e. The van der Waals surface area contributed by atoms with E-state index in [2.05, 4.69) is 15.9 Å². The summed E-state index contributed by atoms with van der Waals surface area (Å²) in [6.07, 6.45) is 0.769. The molecule has 1 aliphatic heterocycles. The standard InChI is InChI=1S/C8H14BrNO3S/c1-2-14(12,13)6-5-10-4-3-7(9)8(10)11/h7H,2-6H2,1H3. The van der Waals surface area contributed by atoms with Gasteiger partial charge in [0.25, 0.3) is 0 Å². The summed E-state index contributed by atoms with van der Waals surface area (Å²) >= 11 is 3.24. The SMILES string of the molecule is CCS(=O)(=O)CCN1CCC(Br)C1=O. The summed E-state index contributed by atoms with van der Waals surface area (Å²) < 4.78 is 22.4. The number of carbonyl (C=O) groups excluding carboxylic acids is 1. The van der Waals surface area contributed by atoms with Crippen LogP contribution in [0.5, 0.6) is 0 Å². The molecule has 1 fully saturated rings. The molecule has 0 bridgehead atoms. The molecule has 1 saturated heterocycles. The van der Waals surface area contributed by atoms with Gasteiger partial charge in [-0.25, -0.2) is 8.42 Å². The van der Waals surface area contributed by atoms with Gasteiger partial charge in [0.15, 0.2) is 9.84 Å². The van der Waals surface area contributed by atoms with Crippen molar-refractivity contribution in [3.63, 3.8) is 0 Å². The number of likely N-dealkylation sites (tertiary alicyclic amines) is 1. The molecular weight excluding hydrogens is 270 g/mol. The van der Waals surface area contributed by atoms with Crippen LogP contribution in [0.1, 0.15) is 13.3 Å². The van der Waals surface area contributed by atoms with Gasteiger partial charge >= 0.3 is 0 Å². The Morgan fingerprint density at radius 2 is 2.21 bits per heavy atom. The van der Waals surface area contributed by atoms with E-state index < -0.39 is 9.84 Å². The number of carbonyl (C=O) groups is 1. The molecule has 0 aromatic heterocycles. The predicted molar refractivity (Wildman–Crippen MR) is 58.2 cm³/mol. The van der Waals surface area contributed by atoms with Gasteiger partial charge in [-0.15, -0.1) is 0 Å². The van der Waals surface area contributed by atoms with Gasteiger partial charge in [-0.1, -0.05) is 22.9 Å². The number of sulfone groups is 1. The quantitative estimate of drug-likeness (QED) is 0.703. The normalized spacial score (nSPS) is 23.1. The van der Waals surface area contributed by atoms with Gasteiger partial charge in [0, 0.05) is 18.8 Å². The lowest BCUT2D eigenvalue weighted by molar-refractivity contribution is -0.126. The lowest BCUT2D eigenvalue weighted by atomic mass is 10.4. The fourth-order valence-corrected chi connectivity index (χ4v) is 2.60. The molecule has 0 N–H and O–H groups in total. The zero-order valence-electron chi connectivity index (χ0n) is 8.07. The number of alkyl halides is 1. The highest BCUT2D eigenvalue weighted by atomic mass is 79.9. The molecule has 0 aliphatic carbocycles. The highest BCUT2D eigenvalue weighted by Crippen LogP contribution is 2.17. The number of hydrogen-bond acceptors (Lipinski definition) is 3. The topological polar surface area (TPSA) is 54.5 Å². The summed E-state index contributed by atoms with van der Waals surface area (Å²) in [6.45, 7) is 2.61. The smallest absolute Gasteiger partial charge is 0.236 e. The van der Waals surface area contributed by atoms with Crippen molar-refractivity contribution in [3.05, 3.63) is 0 Å². The first kappa shape index (κ1) is 12.0. The van der Waals surface area contributed by atoms with E-state index in [9.17, 15) is 13.2 Å². The van der Waals surface area contributed by atoms with Gasteiger partial charge in [-0.2, -0.15) is 0 Å². The molecule has 6 heteroatoms. The Balaban J connectivity index is 2.44. The van der Waals surface area contributed by atoms with E-state index in [1.807, 2.05) is 0 Å². The highest BCUT2D eigenvalue weighted by molar-refractivity contribution is 9.10. The Morgan fingerprint density at radius 1 is 1.57 bits per heavy atom. The van der Waals surface area contributed by atoms with Crippen molar-refractivity contribution >= 4 is 31.7 Å². The monoisotopic (exact) mass is 283 g/mol. The first-order valence-corrected chi connectivity index (χ1v) is 7.33. The molecule has 1 aliphatic rings. The first-order valence-electron chi connectivity index (χ1n) is 4.59. The second-order valence-corrected chi connectivity index (χ2v) is 6.90. The minimum absolute atomic E-state index is 0.0105. The van der Waals surface area contributed by atoms with Crippen molar-refractivity contribution in [2.45, 2.75) is 18.2 Å². The van der Waals surface area contributed by atoms with Crippen molar-refractivity contribution in [1.29, 1.82) is 0 Å². The van der Waals surface area contributed by atoms with E-state index in [4.69, 9.17) is 0 Å². The molecule has 0 aromatic carbocycles. The zero-order valence-corrected chi connectivity index (χ0v) is 10.5. The van der Waals surface area contributed by atoms with E-state index in [-0.39, 0.29) is 22.2 Å². The molecule has 0 spiro atoms. The summed E-state index contributed by atoms with van der Waals surface area (Å²) in [5.74, 6) is 0.234. The molecule has 4 nitrogen and oxygen atoms in total. The second kappa shape index (κ2) is 4.61. The number of nitrogens with zero attached hydrogens (tertiary/aromatic N) is 1. The van der Waals surface area contributed by atoms with Gasteiger partial charge in [-0.05, 0) is 6.42 Å². The van der Waals surface area contributed by atoms with Crippen LogP contribution >= 0.6 is 15.9 Å². The highest BCUT2D eigenvalue weighted by Gasteiger charge is 2.29. The van der Waals surface area contributed by atoms with Gasteiger partial charge < -0.3 is 4.90 Å². The molecule has 82 valence electrons. The summed E-state index contributed by atoms with van der Waals surface area (Å²) in [6, 6.07) is 0. The van der Waals surface area contributed by atoms with Crippen LogP contribution in [0.4, 0.5) is 0 Å². The molecule has 1 amide bonds. The molecule has 1 unspecified atom stereocenters. The minimum Gasteiger partial charge on any atom is -0.341 e. The largest absolute Gasteiger partial charge is 0.341 e. The molecule has 14 heavy (non-hydrogen) atoms. The van der Waals surface area contributed by atoms with Gasteiger partial charge in [0.1, 0.15) is 0 Å². The number of hydrogen-bond donors (Lipinski definition) is 0. The van der Waals surface area contributed by atoms with E-state index >= 15 is 0 Å². The van der Waals surface area contributed by atoms with Crippen LogP contribution in [-0.2, 0) is 14.6 Å². The molecule has 1 atom stereocenters. The fourth-order valence-electron chi connectivity index (χ4n) is 1.32. The lowest BCUT2D eigenvalue weighted by Crippen LogP contribution is -2.32. The molecule has 1 heterocycles. The van der Waals surface area contributed by atoms with E-state index in [1.165, 1.54) is 0 Å². The summed E-state index contributed by atoms with van der Waals surface area (Å²) in [7, 11) is -2.96. The van der Waals surface area contributed by atoms with Crippen molar-refractivity contribution in [3.8, 4) is 0 Å². The summed E-state index contributed by atoms with van der Waals surface area (Å²) in [5.41, 5.74) is 0. The van der Waals surface area contributed by atoms with Crippen LogP contribution in [0.3, 0.4) is 0 Å². The summed E-state index contributed by atoms with van der Waals surface area (Å²) in [5, 5.41) is 0. The lowest BCUT2D eigenvalue weighted by Gasteiger charge is -2.15. The van der Waals surface area contributed by atoms with Crippen LogP contribution in [0.2, 0.25) is 0 Å². The predicted octanol–water partition coefficient (Wildman–Crippen LogP) is 0.417. The average molecular weight is 284 g/mol. The van der Waals surface area contributed by atoms with Gasteiger partial charge in [0.05, 0.1) is 10.6 Å². The van der Waals surface area contributed by atoms with Crippen LogP contribution in [-0.4, -0.2) is 48.6 Å². The van der Waals surface area contributed by atoms with Crippen molar-refractivity contribution in [2.24, 2.45) is 0 Å². The number of rotatable bonds is 4. The molecule has 0 saturated carbocycles. The molecular formula is C8H14BrNO3S. The Hall–Kier alpha value is -0.100. The maximum atomic E-state index is 11.4. The van der Waals surface area contributed by atoms with E-state index in [0.717, 1.165) is 6.42 Å². The molecule has 0 radical (unpaired) electrons. The zero-order chi connectivity index (χ0) is 10.8. The van der Waals surface area contributed by atoms with Crippen LogP contribution in [0.15, 0.2) is 0 Å². The van der Waals surface area contributed by atoms with E-state index in [0.29, 0.717) is 13.1 Å².